The van der Waals surface area contributed by atoms with Crippen LogP contribution in [-0.4, -0.2) is 18.4 Å². The van der Waals surface area contributed by atoms with Crippen molar-refractivity contribution in [3.63, 3.8) is 0 Å². The van der Waals surface area contributed by atoms with E-state index in [4.69, 9.17) is 0 Å². The fourth-order valence-electron chi connectivity index (χ4n) is 3.26. The average molecular weight is 343 g/mol. The molecule has 128 valence electrons. The van der Waals surface area contributed by atoms with Crippen LogP contribution in [0.5, 0.6) is 0 Å². The van der Waals surface area contributed by atoms with Crippen LogP contribution in [0.1, 0.15) is 27.0 Å². The number of benzene rings is 2. The van der Waals surface area contributed by atoms with E-state index in [1.54, 1.807) is 12.1 Å². The summed E-state index contributed by atoms with van der Waals surface area (Å²) in [6, 6.07) is 9.50. The Labute approximate surface area is 142 Å². The highest BCUT2D eigenvalue weighted by Gasteiger charge is 2.48. The molecular formula is C18H15F2N3O2. The molecule has 0 saturated carbocycles. The van der Waals surface area contributed by atoms with Crippen LogP contribution in [0.15, 0.2) is 36.4 Å². The van der Waals surface area contributed by atoms with E-state index in [1.807, 2.05) is 6.07 Å². The van der Waals surface area contributed by atoms with Gasteiger partial charge in [0.1, 0.15) is 0 Å². The number of hydrogen-bond donors (Lipinski definition) is 3. The normalized spacial score (nSPS) is 17.4. The molecule has 0 aromatic heterocycles. The zero-order valence-corrected chi connectivity index (χ0v) is 13.2. The van der Waals surface area contributed by atoms with E-state index in [0.29, 0.717) is 12.1 Å². The number of fused-ring (bicyclic) bond motifs is 2. The first-order chi connectivity index (χ1) is 12.0. The molecule has 0 fully saturated rings. The second-order valence-electron chi connectivity index (χ2n) is 6.11. The molecule has 2 aliphatic rings. The molecule has 5 nitrogen and oxygen atoms in total. The molecule has 0 atom stereocenters. The zero-order chi connectivity index (χ0) is 17.6. The third-order valence-corrected chi connectivity index (χ3v) is 4.53. The fourth-order valence-corrected chi connectivity index (χ4v) is 3.26. The van der Waals surface area contributed by atoms with Crippen LogP contribution < -0.4 is 16.0 Å². The van der Waals surface area contributed by atoms with Crippen molar-refractivity contribution in [2.45, 2.75) is 18.9 Å². The number of anilines is 2. The Morgan fingerprint density at radius 2 is 2.04 bits per heavy atom. The molecule has 4 rings (SSSR count). The minimum atomic E-state index is -3.59. The second-order valence-corrected chi connectivity index (χ2v) is 6.11. The maximum Gasteiger partial charge on any atom is 0.352 e. The maximum absolute atomic E-state index is 13.9. The number of hydrogen-bond acceptors (Lipinski definition) is 3. The number of halogens is 2. The Kier molecular flexibility index (Phi) is 3.54. The first kappa shape index (κ1) is 15.7. The van der Waals surface area contributed by atoms with Crippen molar-refractivity contribution >= 4 is 23.2 Å². The lowest BCUT2D eigenvalue weighted by molar-refractivity contribution is -0.139. The molecule has 25 heavy (non-hydrogen) atoms. The number of carbonyl (C=O) groups is 2. The molecule has 2 heterocycles. The lowest BCUT2D eigenvalue weighted by Gasteiger charge is -2.20. The van der Waals surface area contributed by atoms with Gasteiger partial charge in [-0.2, -0.15) is 8.78 Å². The number of amides is 2. The van der Waals surface area contributed by atoms with Gasteiger partial charge in [-0.25, -0.2) is 0 Å². The molecule has 2 aliphatic heterocycles. The quantitative estimate of drug-likeness (QED) is 0.785. The summed E-state index contributed by atoms with van der Waals surface area (Å²) < 4.78 is 27.7. The predicted octanol–water partition coefficient (Wildman–Crippen LogP) is 2.63. The monoisotopic (exact) mass is 343 g/mol. The second kappa shape index (κ2) is 5.63. The van der Waals surface area contributed by atoms with Crippen LogP contribution in [0.2, 0.25) is 0 Å². The van der Waals surface area contributed by atoms with Crippen LogP contribution in [0.25, 0.3) is 0 Å². The third-order valence-electron chi connectivity index (χ3n) is 4.53. The van der Waals surface area contributed by atoms with E-state index in [0.717, 1.165) is 30.2 Å². The summed E-state index contributed by atoms with van der Waals surface area (Å²) in [6.45, 7) is 1.49. The Hall–Kier alpha value is -2.80. The fraction of sp³-hybridized carbons (Fsp3) is 0.222. The third kappa shape index (κ3) is 2.56. The van der Waals surface area contributed by atoms with Gasteiger partial charge < -0.3 is 16.0 Å². The van der Waals surface area contributed by atoms with Gasteiger partial charge in [0.25, 0.3) is 11.8 Å². The summed E-state index contributed by atoms with van der Waals surface area (Å²) in [6.07, 6.45) is 0.736. The molecule has 0 bridgehead atoms. The number of carbonyl (C=O) groups excluding carboxylic acids is 2. The first-order valence-corrected chi connectivity index (χ1v) is 7.93. The van der Waals surface area contributed by atoms with Gasteiger partial charge in [0.15, 0.2) is 0 Å². The number of nitrogens with one attached hydrogen (secondary N) is 3. The van der Waals surface area contributed by atoms with Gasteiger partial charge in [-0.1, -0.05) is 12.1 Å². The van der Waals surface area contributed by atoms with Crippen molar-refractivity contribution in [3.8, 4) is 0 Å². The molecule has 2 aromatic rings. The van der Waals surface area contributed by atoms with E-state index < -0.39 is 17.4 Å². The van der Waals surface area contributed by atoms with Crippen LogP contribution in [0.3, 0.4) is 0 Å². The van der Waals surface area contributed by atoms with E-state index in [9.17, 15) is 18.4 Å². The molecular weight excluding hydrogens is 328 g/mol. The zero-order valence-electron chi connectivity index (χ0n) is 13.2. The van der Waals surface area contributed by atoms with Crippen LogP contribution >= 0.6 is 0 Å². The highest BCUT2D eigenvalue weighted by Crippen LogP contribution is 2.41. The van der Waals surface area contributed by atoms with Gasteiger partial charge in [0.2, 0.25) is 0 Å². The minimum absolute atomic E-state index is 0.0659. The van der Waals surface area contributed by atoms with Gasteiger partial charge in [-0.3, -0.25) is 9.59 Å². The van der Waals surface area contributed by atoms with Crippen LogP contribution in [0.4, 0.5) is 20.2 Å². The molecule has 0 unspecified atom stereocenters. The minimum Gasteiger partial charge on any atom is -0.322 e. The van der Waals surface area contributed by atoms with E-state index >= 15 is 0 Å². The summed E-state index contributed by atoms with van der Waals surface area (Å²) in [5, 5.41) is 8.04. The lowest BCUT2D eigenvalue weighted by Crippen LogP contribution is -2.26. The molecule has 2 aromatic carbocycles. The Bertz CT molecular complexity index is 896. The average Bonchev–Trinajstić information content (AvgIpc) is 2.84. The van der Waals surface area contributed by atoms with Crippen molar-refractivity contribution in [1.82, 2.24) is 5.32 Å². The predicted molar refractivity (Wildman–Crippen MR) is 88.8 cm³/mol. The topological polar surface area (TPSA) is 70.2 Å². The Balaban J connectivity index is 1.63. The molecule has 0 spiro atoms. The Morgan fingerprint density at radius 1 is 1.20 bits per heavy atom. The van der Waals surface area contributed by atoms with E-state index in [-0.39, 0.29) is 17.3 Å². The molecule has 3 N–H and O–H groups in total. The van der Waals surface area contributed by atoms with E-state index in [2.05, 4.69) is 16.0 Å². The van der Waals surface area contributed by atoms with Gasteiger partial charge in [0.05, 0.1) is 11.3 Å². The van der Waals surface area contributed by atoms with Crippen molar-refractivity contribution in [1.29, 1.82) is 0 Å². The highest BCUT2D eigenvalue weighted by molar-refractivity contribution is 6.07. The van der Waals surface area contributed by atoms with Crippen molar-refractivity contribution < 1.29 is 18.4 Å². The van der Waals surface area contributed by atoms with Crippen LogP contribution in [-0.2, 0) is 23.7 Å². The van der Waals surface area contributed by atoms with Gasteiger partial charge >= 0.3 is 5.92 Å². The standard InChI is InChI=1S/C18H15F2N3O2/c19-18(20)14-8-11(4-5-15(14)23-17(18)25)22-16(24)13-3-1-2-10-9-21-7-6-12(10)13/h1-5,8,21H,6-7,9H2,(H,22,24)(H,23,25). The molecule has 0 saturated heterocycles. The van der Waals surface area contributed by atoms with Crippen molar-refractivity contribution in [2.75, 3.05) is 17.2 Å². The SMILES string of the molecule is O=C(Nc1ccc2c(c1)C(F)(F)C(=O)N2)c1cccc2c1CCNC2. The van der Waals surface area contributed by atoms with Crippen molar-refractivity contribution in [3.05, 3.63) is 58.7 Å². The smallest absolute Gasteiger partial charge is 0.322 e. The maximum atomic E-state index is 13.9. The summed E-state index contributed by atoms with van der Waals surface area (Å²) in [5.74, 6) is -5.29. The molecule has 0 aliphatic carbocycles. The summed E-state index contributed by atoms with van der Waals surface area (Å²) in [7, 11) is 0. The van der Waals surface area contributed by atoms with Crippen molar-refractivity contribution in [2.24, 2.45) is 0 Å². The largest absolute Gasteiger partial charge is 0.352 e. The highest BCUT2D eigenvalue weighted by atomic mass is 19.3. The first-order valence-electron chi connectivity index (χ1n) is 7.93. The molecule has 7 heteroatoms. The lowest BCUT2D eigenvalue weighted by atomic mass is 9.95. The van der Waals surface area contributed by atoms with Gasteiger partial charge in [0, 0.05) is 17.8 Å². The number of alkyl halides is 2. The van der Waals surface area contributed by atoms with Crippen LogP contribution in [0, 0.1) is 0 Å². The molecule has 2 amide bonds. The van der Waals surface area contributed by atoms with E-state index in [1.165, 1.54) is 12.1 Å². The summed E-state index contributed by atoms with van der Waals surface area (Å²) >= 11 is 0. The summed E-state index contributed by atoms with van der Waals surface area (Å²) in [5.41, 5.74) is 2.45. The number of rotatable bonds is 2. The van der Waals surface area contributed by atoms with Gasteiger partial charge in [-0.15, -0.1) is 0 Å². The van der Waals surface area contributed by atoms with Gasteiger partial charge in [-0.05, 0) is 48.4 Å². The Morgan fingerprint density at radius 3 is 2.88 bits per heavy atom. The molecule has 0 radical (unpaired) electrons. The summed E-state index contributed by atoms with van der Waals surface area (Å²) in [4.78, 5) is 23.9.